The molecule has 2 aliphatic rings. The van der Waals surface area contributed by atoms with Gasteiger partial charge in [-0.15, -0.1) is 0 Å². The third-order valence-electron chi connectivity index (χ3n) is 3.06. The van der Waals surface area contributed by atoms with Crippen molar-refractivity contribution in [2.24, 2.45) is 5.73 Å². The van der Waals surface area contributed by atoms with Crippen LogP contribution in [-0.2, 0) is 9.59 Å². The summed E-state index contributed by atoms with van der Waals surface area (Å²) in [5, 5.41) is 3.06. The number of nitrogens with two attached hydrogens (primary N) is 1. The number of hydrogen-bond acceptors (Lipinski definition) is 3. The third kappa shape index (κ3) is 1.58. The molecule has 0 aromatic carbocycles. The van der Waals surface area contributed by atoms with Gasteiger partial charge in [0.25, 0.3) is 11.8 Å². The first kappa shape index (κ1) is 10.0. The average Bonchev–Trinajstić information content (AvgIpc) is 2.17. The molecule has 82 valence electrons. The number of fused-ring (bicyclic) bond motifs is 1. The number of nitrogens with one attached hydrogen (secondary N) is 1. The van der Waals surface area contributed by atoms with Gasteiger partial charge in [0.05, 0.1) is 0 Å². The van der Waals surface area contributed by atoms with Gasteiger partial charge < -0.3 is 16.0 Å². The van der Waals surface area contributed by atoms with Crippen LogP contribution in [0.2, 0.25) is 0 Å². The van der Waals surface area contributed by atoms with Gasteiger partial charge in [0.2, 0.25) is 0 Å². The lowest BCUT2D eigenvalue weighted by Gasteiger charge is -2.43. The summed E-state index contributed by atoms with van der Waals surface area (Å²) in [7, 11) is 0. The summed E-state index contributed by atoms with van der Waals surface area (Å²) < 4.78 is 0. The molecule has 2 atom stereocenters. The second-order valence-electron chi connectivity index (χ2n) is 4.10. The number of carbonyl (C=O) groups is 2. The zero-order valence-corrected chi connectivity index (χ0v) is 8.69. The van der Waals surface area contributed by atoms with Gasteiger partial charge in [-0.05, 0) is 26.2 Å². The van der Waals surface area contributed by atoms with Gasteiger partial charge in [-0.3, -0.25) is 9.59 Å². The summed E-state index contributed by atoms with van der Waals surface area (Å²) in [6, 6.07) is 0.173. The minimum atomic E-state index is -0.663. The lowest BCUT2D eigenvalue weighted by molar-refractivity contribution is -0.137. The molecule has 0 aliphatic carbocycles. The highest BCUT2D eigenvalue weighted by Gasteiger charge is 2.37. The van der Waals surface area contributed by atoms with Crippen molar-refractivity contribution in [3.05, 3.63) is 11.8 Å². The maximum atomic E-state index is 11.9. The molecular weight excluding hydrogens is 194 g/mol. The van der Waals surface area contributed by atoms with Crippen LogP contribution < -0.4 is 11.1 Å². The van der Waals surface area contributed by atoms with Crippen LogP contribution in [0.1, 0.15) is 26.2 Å². The number of primary amides is 1. The van der Waals surface area contributed by atoms with Crippen molar-refractivity contribution < 1.29 is 9.59 Å². The Morgan fingerprint density at radius 1 is 1.60 bits per heavy atom. The maximum Gasteiger partial charge on any atom is 0.262 e. The van der Waals surface area contributed by atoms with Crippen LogP contribution in [0.5, 0.6) is 0 Å². The molecule has 2 amide bonds. The fraction of sp³-hybridized carbons (Fsp3) is 0.600. The van der Waals surface area contributed by atoms with Crippen LogP contribution in [0, 0.1) is 0 Å². The third-order valence-corrected chi connectivity index (χ3v) is 3.06. The molecule has 2 heterocycles. The number of piperidine rings is 1. The second kappa shape index (κ2) is 3.56. The van der Waals surface area contributed by atoms with E-state index in [2.05, 4.69) is 5.32 Å². The molecule has 2 rings (SSSR count). The first-order chi connectivity index (χ1) is 7.11. The van der Waals surface area contributed by atoms with Crippen molar-refractivity contribution in [1.29, 1.82) is 0 Å². The molecule has 3 N–H and O–H groups in total. The summed E-state index contributed by atoms with van der Waals surface area (Å²) in [5.41, 5.74) is 5.19. The lowest BCUT2D eigenvalue weighted by Crippen LogP contribution is -2.58. The predicted octanol–water partition coefficient (Wildman–Crippen LogP) is -0.314. The summed E-state index contributed by atoms with van der Waals surface area (Å²) in [6.45, 7) is 2.00. The van der Waals surface area contributed by atoms with Crippen molar-refractivity contribution in [2.45, 2.75) is 38.4 Å². The molecule has 0 spiro atoms. The Morgan fingerprint density at radius 2 is 2.33 bits per heavy atom. The van der Waals surface area contributed by atoms with E-state index in [9.17, 15) is 9.59 Å². The first-order valence-corrected chi connectivity index (χ1v) is 5.20. The Balaban J connectivity index is 2.27. The Labute approximate surface area is 88.3 Å². The van der Waals surface area contributed by atoms with Crippen molar-refractivity contribution >= 4 is 11.8 Å². The zero-order valence-electron chi connectivity index (χ0n) is 8.69. The van der Waals surface area contributed by atoms with E-state index in [1.807, 2.05) is 6.92 Å². The topological polar surface area (TPSA) is 75.4 Å². The molecule has 15 heavy (non-hydrogen) atoms. The van der Waals surface area contributed by atoms with Crippen LogP contribution in [-0.4, -0.2) is 28.9 Å². The fourth-order valence-electron chi connectivity index (χ4n) is 2.25. The van der Waals surface area contributed by atoms with Crippen molar-refractivity contribution in [3.8, 4) is 0 Å². The molecule has 1 fully saturated rings. The minimum Gasteiger partial charge on any atom is -0.370 e. The molecule has 1 saturated heterocycles. The van der Waals surface area contributed by atoms with Crippen LogP contribution >= 0.6 is 0 Å². The Morgan fingerprint density at radius 3 is 3.00 bits per heavy atom. The highest BCUT2D eigenvalue weighted by molar-refractivity contribution is 6.18. The molecule has 5 nitrogen and oxygen atoms in total. The van der Waals surface area contributed by atoms with Gasteiger partial charge in [-0.25, -0.2) is 0 Å². The van der Waals surface area contributed by atoms with E-state index in [-0.39, 0.29) is 23.7 Å². The number of amides is 2. The molecule has 0 aromatic rings. The lowest BCUT2D eigenvalue weighted by atomic mass is 9.98. The molecule has 5 heteroatoms. The van der Waals surface area contributed by atoms with E-state index in [0.29, 0.717) is 0 Å². The summed E-state index contributed by atoms with van der Waals surface area (Å²) in [4.78, 5) is 24.7. The molecule has 0 aromatic heterocycles. The molecule has 0 saturated carbocycles. The van der Waals surface area contributed by atoms with Gasteiger partial charge >= 0.3 is 0 Å². The van der Waals surface area contributed by atoms with Crippen molar-refractivity contribution in [1.82, 2.24) is 10.2 Å². The number of hydrogen-bond donors (Lipinski definition) is 2. The van der Waals surface area contributed by atoms with Crippen LogP contribution in [0.3, 0.4) is 0 Å². The van der Waals surface area contributed by atoms with Crippen LogP contribution in [0.25, 0.3) is 0 Å². The van der Waals surface area contributed by atoms with E-state index in [0.717, 1.165) is 19.3 Å². The van der Waals surface area contributed by atoms with Gasteiger partial charge in [0, 0.05) is 12.2 Å². The van der Waals surface area contributed by atoms with Crippen molar-refractivity contribution in [2.75, 3.05) is 0 Å². The molecule has 2 aliphatic heterocycles. The predicted molar refractivity (Wildman–Crippen MR) is 54.4 cm³/mol. The molecule has 0 bridgehead atoms. The first-order valence-electron chi connectivity index (χ1n) is 5.20. The standard InChI is InChI=1S/C10H15N3O2/c1-6-3-2-4-8-12-5-7(9(11)14)10(15)13(6)8/h5-6,8,12H,2-4H2,1H3,(H2,11,14). The van der Waals surface area contributed by atoms with Crippen LogP contribution in [0.15, 0.2) is 11.8 Å². The molecular formula is C10H15N3O2. The van der Waals surface area contributed by atoms with E-state index in [1.54, 1.807) is 4.90 Å². The quantitative estimate of drug-likeness (QED) is 0.581. The zero-order chi connectivity index (χ0) is 11.0. The molecule has 2 unspecified atom stereocenters. The largest absolute Gasteiger partial charge is 0.370 e. The maximum absolute atomic E-state index is 11.9. The Hall–Kier alpha value is -1.52. The highest BCUT2D eigenvalue weighted by atomic mass is 16.2. The van der Waals surface area contributed by atoms with Crippen molar-refractivity contribution in [3.63, 3.8) is 0 Å². The van der Waals surface area contributed by atoms with E-state index in [1.165, 1.54) is 6.20 Å². The monoisotopic (exact) mass is 209 g/mol. The smallest absolute Gasteiger partial charge is 0.262 e. The van der Waals surface area contributed by atoms with Gasteiger partial charge in [-0.1, -0.05) is 0 Å². The Bertz CT molecular complexity index is 338. The van der Waals surface area contributed by atoms with E-state index < -0.39 is 5.91 Å². The van der Waals surface area contributed by atoms with E-state index >= 15 is 0 Å². The Kier molecular flexibility index (Phi) is 2.38. The number of rotatable bonds is 1. The van der Waals surface area contributed by atoms with Crippen LogP contribution in [0.4, 0.5) is 0 Å². The molecule has 0 radical (unpaired) electrons. The summed E-state index contributed by atoms with van der Waals surface area (Å²) >= 11 is 0. The van der Waals surface area contributed by atoms with Gasteiger partial charge in [0.1, 0.15) is 11.7 Å². The van der Waals surface area contributed by atoms with Gasteiger partial charge in [-0.2, -0.15) is 0 Å². The normalized spacial score (nSPS) is 30.3. The number of nitrogens with zero attached hydrogens (tertiary/aromatic N) is 1. The minimum absolute atomic E-state index is 0.0318. The average molecular weight is 209 g/mol. The summed E-state index contributed by atoms with van der Waals surface area (Å²) in [6.07, 6.45) is 4.49. The second-order valence-corrected chi connectivity index (χ2v) is 4.10. The highest BCUT2D eigenvalue weighted by Crippen LogP contribution is 2.25. The van der Waals surface area contributed by atoms with E-state index in [4.69, 9.17) is 5.73 Å². The SMILES string of the molecule is CC1CCCC2NC=C(C(N)=O)C(=O)N12. The summed E-state index contributed by atoms with van der Waals surface area (Å²) in [5.74, 6) is -0.901. The number of carbonyl (C=O) groups excluding carboxylic acids is 2. The van der Waals surface area contributed by atoms with Gasteiger partial charge in [0.15, 0.2) is 0 Å². The fourth-order valence-corrected chi connectivity index (χ4v) is 2.25.